The van der Waals surface area contributed by atoms with Crippen molar-refractivity contribution in [2.24, 2.45) is 0 Å². The van der Waals surface area contributed by atoms with Crippen molar-refractivity contribution in [3.05, 3.63) is 59.1 Å². The summed E-state index contributed by atoms with van der Waals surface area (Å²) in [5.41, 5.74) is 3.39. The van der Waals surface area contributed by atoms with Crippen LogP contribution in [0.5, 0.6) is 0 Å². The van der Waals surface area contributed by atoms with Crippen LogP contribution < -0.4 is 4.90 Å². The molecule has 0 fully saturated rings. The van der Waals surface area contributed by atoms with Crippen molar-refractivity contribution in [3.8, 4) is 0 Å². The Labute approximate surface area is 115 Å². The van der Waals surface area contributed by atoms with Crippen LogP contribution in [0.2, 0.25) is 5.02 Å². The lowest BCUT2D eigenvalue weighted by Gasteiger charge is -2.22. The first-order valence-corrected chi connectivity index (χ1v) is 6.86. The Balaban J connectivity index is 2.44. The van der Waals surface area contributed by atoms with Crippen LogP contribution in [0.15, 0.2) is 48.5 Å². The van der Waals surface area contributed by atoms with E-state index in [0.29, 0.717) is 0 Å². The van der Waals surface area contributed by atoms with Gasteiger partial charge in [0.15, 0.2) is 0 Å². The molecule has 2 aromatic rings. The molecule has 0 spiro atoms. The molecule has 0 unspecified atom stereocenters. The van der Waals surface area contributed by atoms with Gasteiger partial charge in [-0.1, -0.05) is 51.8 Å². The van der Waals surface area contributed by atoms with Gasteiger partial charge in [-0.05, 0) is 24.3 Å². The van der Waals surface area contributed by atoms with Crippen molar-refractivity contribution in [2.45, 2.75) is 5.33 Å². The molecule has 2 aromatic carbocycles. The molecule has 1 nitrogen and oxygen atoms in total. The average Bonchev–Trinajstić information content (AvgIpc) is 2.38. The van der Waals surface area contributed by atoms with Crippen LogP contribution in [0.4, 0.5) is 11.4 Å². The highest BCUT2D eigenvalue weighted by atomic mass is 79.9. The van der Waals surface area contributed by atoms with Crippen LogP contribution in [0.25, 0.3) is 0 Å². The van der Waals surface area contributed by atoms with E-state index in [-0.39, 0.29) is 0 Å². The molecule has 17 heavy (non-hydrogen) atoms. The van der Waals surface area contributed by atoms with Crippen LogP contribution in [0.3, 0.4) is 0 Å². The fraction of sp³-hybridized carbons (Fsp3) is 0.143. The summed E-state index contributed by atoms with van der Waals surface area (Å²) in [7, 11) is 2.05. The van der Waals surface area contributed by atoms with E-state index < -0.39 is 0 Å². The van der Waals surface area contributed by atoms with Crippen molar-refractivity contribution in [3.63, 3.8) is 0 Å². The molecule has 0 aromatic heterocycles. The zero-order chi connectivity index (χ0) is 12.3. The third kappa shape index (κ3) is 2.64. The highest BCUT2D eigenvalue weighted by Gasteiger charge is 2.10. The number of benzene rings is 2. The minimum atomic E-state index is 0.749. The van der Waals surface area contributed by atoms with Gasteiger partial charge in [0, 0.05) is 34.3 Å². The van der Waals surface area contributed by atoms with Gasteiger partial charge in [0.05, 0.1) is 0 Å². The van der Waals surface area contributed by atoms with Gasteiger partial charge in [-0.15, -0.1) is 0 Å². The largest absolute Gasteiger partial charge is 0.344 e. The number of anilines is 2. The fourth-order valence-corrected chi connectivity index (χ4v) is 2.77. The van der Waals surface area contributed by atoms with Gasteiger partial charge in [-0.25, -0.2) is 0 Å². The maximum Gasteiger partial charge on any atom is 0.0467 e. The highest BCUT2D eigenvalue weighted by molar-refractivity contribution is 9.08. The smallest absolute Gasteiger partial charge is 0.0467 e. The van der Waals surface area contributed by atoms with E-state index in [1.165, 1.54) is 0 Å². The summed E-state index contributed by atoms with van der Waals surface area (Å²) in [5.74, 6) is 0. The first-order valence-electron chi connectivity index (χ1n) is 5.36. The van der Waals surface area contributed by atoms with E-state index in [2.05, 4.69) is 39.0 Å². The third-order valence-electron chi connectivity index (χ3n) is 2.73. The lowest BCUT2D eigenvalue weighted by Crippen LogP contribution is -2.11. The second kappa shape index (κ2) is 5.56. The SMILES string of the molecule is CN(c1ccccc1)c1cccc(Cl)c1CBr. The van der Waals surface area contributed by atoms with Crippen molar-refractivity contribution < 1.29 is 0 Å². The molecule has 0 aliphatic heterocycles. The van der Waals surface area contributed by atoms with Gasteiger partial charge in [0.25, 0.3) is 0 Å². The summed E-state index contributed by atoms with van der Waals surface area (Å²) >= 11 is 9.69. The van der Waals surface area contributed by atoms with E-state index in [1.807, 2.05) is 37.4 Å². The molecule has 88 valence electrons. The summed E-state index contributed by atoms with van der Waals surface area (Å²) in [4.78, 5) is 2.14. The maximum atomic E-state index is 6.20. The lowest BCUT2D eigenvalue weighted by atomic mass is 10.1. The van der Waals surface area contributed by atoms with Gasteiger partial charge >= 0.3 is 0 Å². The van der Waals surface area contributed by atoms with Crippen LogP contribution in [-0.4, -0.2) is 7.05 Å². The monoisotopic (exact) mass is 309 g/mol. The Bertz CT molecular complexity index is 499. The normalized spacial score (nSPS) is 10.3. The van der Waals surface area contributed by atoms with E-state index in [1.54, 1.807) is 0 Å². The molecule has 0 bridgehead atoms. The van der Waals surface area contributed by atoms with E-state index in [0.717, 1.165) is 27.3 Å². The number of hydrogen-bond donors (Lipinski definition) is 0. The predicted octanol–water partition coefficient (Wildman–Crippen LogP) is 5.00. The Morgan fingerprint density at radius 1 is 1.06 bits per heavy atom. The highest BCUT2D eigenvalue weighted by Crippen LogP contribution is 2.32. The number of halogens is 2. The standard InChI is InChI=1S/C14H13BrClN/c1-17(11-6-3-2-4-7-11)14-9-5-8-13(16)12(14)10-15/h2-9H,10H2,1H3. The lowest BCUT2D eigenvalue weighted by molar-refractivity contribution is 1.18. The summed E-state index contributed by atoms with van der Waals surface area (Å²) in [5, 5.41) is 1.54. The molecular weight excluding hydrogens is 298 g/mol. The first kappa shape index (κ1) is 12.5. The molecule has 0 amide bonds. The van der Waals surface area contributed by atoms with Gasteiger partial charge < -0.3 is 4.90 Å². The van der Waals surface area contributed by atoms with Crippen LogP contribution in [0.1, 0.15) is 5.56 Å². The molecule has 2 rings (SSSR count). The quantitative estimate of drug-likeness (QED) is 0.721. The summed E-state index contributed by atoms with van der Waals surface area (Å²) in [6, 6.07) is 16.2. The number of rotatable bonds is 3. The second-order valence-electron chi connectivity index (χ2n) is 3.77. The maximum absolute atomic E-state index is 6.20. The molecule has 0 saturated heterocycles. The number of hydrogen-bond acceptors (Lipinski definition) is 1. The molecule has 0 atom stereocenters. The van der Waals surface area contributed by atoms with Crippen LogP contribution in [0, 0.1) is 0 Å². The summed E-state index contributed by atoms with van der Waals surface area (Å²) in [6.07, 6.45) is 0. The molecule has 0 aliphatic carbocycles. The second-order valence-corrected chi connectivity index (χ2v) is 4.73. The van der Waals surface area contributed by atoms with Gasteiger partial charge in [0.2, 0.25) is 0 Å². The number of alkyl halides is 1. The van der Waals surface area contributed by atoms with Crippen molar-refractivity contribution in [2.75, 3.05) is 11.9 Å². The molecule has 3 heteroatoms. The Morgan fingerprint density at radius 2 is 1.76 bits per heavy atom. The molecule has 0 saturated carbocycles. The molecule has 0 heterocycles. The van der Waals surface area contributed by atoms with Crippen molar-refractivity contribution in [1.29, 1.82) is 0 Å². The fourth-order valence-electron chi connectivity index (χ4n) is 1.78. The van der Waals surface area contributed by atoms with Crippen LogP contribution in [-0.2, 0) is 5.33 Å². The number of para-hydroxylation sites is 1. The molecule has 0 aliphatic rings. The third-order valence-corrected chi connectivity index (χ3v) is 3.65. The minimum absolute atomic E-state index is 0.749. The average molecular weight is 311 g/mol. The molecule has 0 N–H and O–H groups in total. The van der Waals surface area contributed by atoms with Gasteiger partial charge in [0.1, 0.15) is 0 Å². The Kier molecular flexibility index (Phi) is 4.08. The summed E-state index contributed by atoms with van der Waals surface area (Å²) in [6.45, 7) is 0. The Hall–Kier alpha value is -0.990. The van der Waals surface area contributed by atoms with Gasteiger partial charge in [-0.3, -0.25) is 0 Å². The minimum Gasteiger partial charge on any atom is -0.344 e. The molecular formula is C14H13BrClN. The van der Waals surface area contributed by atoms with Gasteiger partial charge in [-0.2, -0.15) is 0 Å². The first-order chi connectivity index (χ1) is 8.24. The zero-order valence-corrected chi connectivity index (χ0v) is 11.9. The van der Waals surface area contributed by atoms with Crippen molar-refractivity contribution in [1.82, 2.24) is 0 Å². The van der Waals surface area contributed by atoms with Crippen molar-refractivity contribution >= 4 is 38.9 Å². The Morgan fingerprint density at radius 3 is 2.41 bits per heavy atom. The molecule has 0 radical (unpaired) electrons. The predicted molar refractivity (Wildman–Crippen MR) is 78.6 cm³/mol. The van der Waals surface area contributed by atoms with E-state index >= 15 is 0 Å². The van der Waals surface area contributed by atoms with E-state index in [9.17, 15) is 0 Å². The summed E-state index contributed by atoms with van der Waals surface area (Å²) < 4.78 is 0. The topological polar surface area (TPSA) is 3.24 Å². The number of nitrogens with zero attached hydrogens (tertiary/aromatic N) is 1. The van der Waals surface area contributed by atoms with Crippen LogP contribution >= 0.6 is 27.5 Å². The van der Waals surface area contributed by atoms with E-state index in [4.69, 9.17) is 11.6 Å². The zero-order valence-electron chi connectivity index (χ0n) is 9.53.